The van der Waals surface area contributed by atoms with Crippen LogP contribution >= 0.6 is 0 Å². The molecule has 6 nitrogen and oxygen atoms in total. The monoisotopic (exact) mass is 265 g/mol. The van der Waals surface area contributed by atoms with Crippen LogP contribution in [0.25, 0.3) is 0 Å². The molecule has 0 aromatic heterocycles. The van der Waals surface area contributed by atoms with Gasteiger partial charge in [-0.1, -0.05) is 6.92 Å². The second-order valence-electron chi connectivity index (χ2n) is 4.64. The maximum atomic E-state index is 12.1. The zero-order chi connectivity index (χ0) is 14.4. The Hall–Kier alpha value is -2.03. The van der Waals surface area contributed by atoms with E-state index in [9.17, 15) is 9.59 Å². The maximum Gasteiger partial charge on any atom is 0.304 e. The van der Waals surface area contributed by atoms with Gasteiger partial charge in [0.25, 0.3) is 0 Å². The van der Waals surface area contributed by atoms with Gasteiger partial charge in [0, 0.05) is 18.3 Å². The number of aliphatic carboxylic acids is 1. The predicted molar refractivity (Wildman–Crippen MR) is 68.7 cm³/mol. The van der Waals surface area contributed by atoms with Gasteiger partial charge >= 0.3 is 5.97 Å². The minimum Gasteiger partial charge on any atom is -0.481 e. The van der Waals surface area contributed by atoms with Crippen molar-refractivity contribution in [3.05, 3.63) is 11.8 Å². The van der Waals surface area contributed by atoms with Gasteiger partial charge in [-0.05, 0) is 19.8 Å². The molecule has 0 bridgehead atoms. The second kappa shape index (κ2) is 6.78. The lowest BCUT2D eigenvalue weighted by Gasteiger charge is -2.27. The summed E-state index contributed by atoms with van der Waals surface area (Å²) in [6.45, 7) is 4.17. The minimum absolute atomic E-state index is 0.112. The quantitative estimate of drug-likeness (QED) is 0.700. The van der Waals surface area contributed by atoms with E-state index in [1.54, 1.807) is 18.0 Å². The summed E-state index contributed by atoms with van der Waals surface area (Å²) >= 11 is 0. The molecule has 1 amide bonds. The fourth-order valence-electron chi connectivity index (χ4n) is 2.15. The van der Waals surface area contributed by atoms with Crippen LogP contribution < -0.4 is 5.32 Å². The van der Waals surface area contributed by atoms with Crippen molar-refractivity contribution in [2.45, 2.75) is 39.3 Å². The van der Waals surface area contributed by atoms with Crippen LogP contribution in [-0.4, -0.2) is 34.6 Å². The van der Waals surface area contributed by atoms with Crippen molar-refractivity contribution >= 4 is 11.9 Å². The largest absolute Gasteiger partial charge is 0.481 e. The van der Waals surface area contributed by atoms with Crippen molar-refractivity contribution in [3.8, 4) is 6.07 Å². The van der Waals surface area contributed by atoms with Gasteiger partial charge in [-0.25, -0.2) is 0 Å². The number of carbonyl (C=O) groups excluding carboxylic acids is 1. The molecule has 104 valence electrons. The van der Waals surface area contributed by atoms with Gasteiger partial charge < -0.3 is 15.3 Å². The Labute approximate surface area is 112 Å². The SMILES string of the molecule is CCC(N/C=C(\C)C#N)N1CCC(CC(=O)O)C1=O. The molecule has 2 N–H and O–H groups in total. The van der Waals surface area contributed by atoms with E-state index >= 15 is 0 Å². The van der Waals surface area contributed by atoms with Gasteiger partial charge in [0.05, 0.1) is 18.4 Å². The highest BCUT2D eigenvalue weighted by molar-refractivity contribution is 5.85. The number of nitrogens with one attached hydrogen (secondary N) is 1. The van der Waals surface area contributed by atoms with Crippen molar-refractivity contribution in [1.82, 2.24) is 10.2 Å². The normalized spacial score (nSPS) is 21.1. The molecule has 1 fully saturated rings. The molecule has 1 rings (SSSR count). The Balaban J connectivity index is 2.66. The molecule has 0 aromatic carbocycles. The summed E-state index contributed by atoms with van der Waals surface area (Å²) in [6, 6.07) is 2.00. The lowest BCUT2D eigenvalue weighted by molar-refractivity contribution is -0.142. The standard InChI is InChI=1S/C13H19N3O3/c1-3-11(15-8-9(2)7-14)16-5-4-10(13(16)19)6-12(17)18/h8,10-11,15H,3-6H2,1-2H3,(H,17,18)/b9-8+. The first-order valence-electron chi connectivity index (χ1n) is 6.34. The highest BCUT2D eigenvalue weighted by Crippen LogP contribution is 2.23. The van der Waals surface area contributed by atoms with E-state index in [1.165, 1.54) is 0 Å². The van der Waals surface area contributed by atoms with Crippen molar-refractivity contribution in [2.75, 3.05) is 6.54 Å². The number of amides is 1. The lowest BCUT2D eigenvalue weighted by Crippen LogP contribution is -2.45. The highest BCUT2D eigenvalue weighted by atomic mass is 16.4. The van der Waals surface area contributed by atoms with Crippen LogP contribution in [0.1, 0.15) is 33.1 Å². The van der Waals surface area contributed by atoms with Crippen LogP contribution in [0.3, 0.4) is 0 Å². The third kappa shape index (κ3) is 3.98. The predicted octanol–water partition coefficient (Wildman–Crippen LogP) is 1.06. The first-order valence-corrected chi connectivity index (χ1v) is 6.34. The summed E-state index contributed by atoms with van der Waals surface area (Å²) in [5.41, 5.74) is 0.534. The third-order valence-corrected chi connectivity index (χ3v) is 3.20. The Bertz CT molecular complexity index is 425. The van der Waals surface area contributed by atoms with Crippen LogP contribution in [0.15, 0.2) is 11.8 Å². The lowest BCUT2D eigenvalue weighted by atomic mass is 10.0. The number of carboxylic acids is 1. The van der Waals surface area contributed by atoms with E-state index in [4.69, 9.17) is 10.4 Å². The van der Waals surface area contributed by atoms with Crippen molar-refractivity contribution in [3.63, 3.8) is 0 Å². The summed E-state index contributed by atoms with van der Waals surface area (Å²) < 4.78 is 0. The van der Waals surface area contributed by atoms with Crippen LogP contribution in [0.4, 0.5) is 0 Å². The number of carboxylic acid groups (broad SMARTS) is 1. The number of likely N-dealkylation sites (tertiary alicyclic amines) is 1. The second-order valence-corrected chi connectivity index (χ2v) is 4.64. The van der Waals surface area contributed by atoms with E-state index in [-0.39, 0.29) is 18.5 Å². The summed E-state index contributed by atoms with van der Waals surface area (Å²) in [4.78, 5) is 24.4. The van der Waals surface area contributed by atoms with Gasteiger partial charge in [0.2, 0.25) is 5.91 Å². The Kier molecular flexibility index (Phi) is 5.37. The van der Waals surface area contributed by atoms with Gasteiger partial charge in [-0.2, -0.15) is 5.26 Å². The molecule has 6 heteroatoms. The van der Waals surface area contributed by atoms with E-state index in [1.807, 2.05) is 13.0 Å². The van der Waals surface area contributed by atoms with E-state index in [2.05, 4.69) is 5.32 Å². The van der Waals surface area contributed by atoms with Crippen LogP contribution in [-0.2, 0) is 9.59 Å². The molecule has 19 heavy (non-hydrogen) atoms. The van der Waals surface area contributed by atoms with Crippen molar-refractivity contribution < 1.29 is 14.7 Å². The van der Waals surface area contributed by atoms with Gasteiger partial charge in [0.1, 0.15) is 6.17 Å². The summed E-state index contributed by atoms with van der Waals surface area (Å²) in [6.07, 6.45) is 2.56. The van der Waals surface area contributed by atoms with Gasteiger partial charge in [-0.3, -0.25) is 9.59 Å². The van der Waals surface area contributed by atoms with E-state index in [0.29, 0.717) is 25.0 Å². The first kappa shape index (κ1) is 15.0. The maximum absolute atomic E-state index is 12.1. The number of hydrogen-bond acceptors (Lipinski definition) is 4. The summed E-state index contributed by atoms with van der Waals surface area (Å²) in [5, 5.41) is 20.5. The molecule has 1 heterocycles. The van der Waals surface area contributed by atoms with E-state index < -0.39 is 11.9 Å². The zero-order valence-corrected chi connectivity index (χ0v) is 11.2. The molecular weight excluding hydrogens is 246 g/mol. The number of nitriles is 1. The molecule has 0 saturated carbocycles. The summed E-state index contributed by atoms with van der Waals surface area (Å²) in [7, 11) is 0. The number of hydrogen-bond donors (Lipinski definition) is 2. The number of allylic oxidation sites excluding steroid dienone is 1. The average Bonchev–Trinajstić information content (AvgIpc) is 2.71. The molecule has 0 spiro atoms. The fourth-order valence-corrected chi connectivity index (χ4v) is 2.15. The zero-order valence-electron chi connectivity index (χ0n) is 11.2. The molecule has 1 aliphatic rings. The van der Waals surface area contributed by atoms with Gasteiger partial charge in [0.15, 0.2) is 0 Å². The molecule has 2 atom stereocenters. The third-order valence-electron chi connectivity index (χ3n) is 3.20. The molecule has 1 aliphatic heterocycles. The fraction of sp³-hybridized carbons (Fsp3) is 0.615. The first-order chi connectivity index (χ1) is 8.99. The molecule has 0 aliphatic carbocycles. The minimum atomic E-state index is -0.943. The Morgan fingerprint density at radius 2 is 2.42 bits per heavy atom. The molecule has 0 aromatic rings. The molecule has 1 saturated heterocycles. The van der Waals surface area contributed by atoms with Crippen molar-refractivity contribution in [2.24, 2.45) is 5.92 Å². The molecular formula is C13H19N3O3. The van der Waals surface area contributed by atoms with Crippen LogP contribution in [0, 0.1) is 17.2 Å². The molecule has 0 radical (unpaired) electrons. The average molecular weight is 265 g/mol. The van der Waals surface area contributed by atoms with Gasteiger partial charge in [-0.15, -0.1) is 0 Å². The highest BCUT2D eigenvalue weighted by Gasteiger charge is 2.36. The smallest absolute Gasteiger partial charge is 0.304 e. The number of carbonyl (C=O) groups is 2. The molecule has 2 unspecified atom stereocenters. The number of nitrogens with zero attached hydrogens (tertiary/aromatic N) is 2. The van der Waals surface area contributed by atoms with Crippen LogP contribution in [0.5, 0.6) is 0 Å². The Morgan fingerprint density at radius 1 is 1.74 bits per heavy atom. The Morgan fingerprint density at radius 3 is 2.95 bits per heavy atom. The summed E-state index contributed by atoms with van der Waals surface area (Å²) in [5.74, 6) is -1.49. The van der Waals surface area contributed by atoms with Crippen molar-refractivity contribution in [1.29, 1.82) is 5.26 Å². The van der Waals surface area contributed by atoms with Crippen LogP contribution in [0.2, 0.25) is 0 Å². The van der Waals surface area contributed by atoms with E-state index in [0.717, 1.165) is 0 Å². The number of rotatable bonds is 6. The topological polar surface area (TPSA) is 93.4 Å².